The first-order chi connectivity index (χ1) is 12.5. The summed E-state index contributed by atoms with van der Waals surface area (Å²) in [7, 11) is 1.52. The van der Waals surface area contributed by atoms with Crippen LogP contribution in [0.4, 0.5) is 5.69 Å². The van der Waals surface area contributed by atoms with E-state index in [0.717, 1.165) is 10.2 Å². The van der Waals surface area contributed by atoms with E-state index < -0.39 is 0 Å². The van der Waals surface area contributed by atoms with Crippen LogP contribution in [0.15, 0.2) is 53.3 Å². The Morgan fingerprint density at radius 2 is 1.81 bits per heavy atom. The number of anilines is 1. The van der Waals surface area contributed by atoms with Crippen LogP contribution in [0.1, 0.15) is 23.0 Å². The molecule has 0 spiro atoms. The minimum absolute atomic E-state index is 0.160. The summed E-state index contributed by atoms with van der Waals surface area (Å²) in [6.45, 7) is 1.70. The largest absolute Gasteiger partial charge is 0.347 e. The minimum atomic E-state index is -0.373. The zero-order valence-electron chi connectivity index (χ0n) is 14.4. The third kappa shape index (κ3) is 3.61. The maximum Gasteiger partial charge on any atom is 0.274 e. The van der Waals surface area contributed by atoms with Crippen molar-refractivity contribution in [3.05, 3.63) is 70.1 Å². The van der Waals surface area contributed by atoms with Crippen molar-refractivity contribution in [1.82, 2.24) is 15.1 Å². The van der Waals surface area contributed by atoms with Gasteiger partial charge >= 0.3 is 0 Å². The van der Waals surface area contributed by atoms with E-state index in [4.69, 9.17) is 0 Å². The molecule has 0 saturated carbocycles. The second kappa shape index (κ2) is 7.18. The Morgan fingerprint density at radius 3 is 2.54 bits per heavy atom. The molecule has 1 aromatic heterocycles. The first kappa shape index (κ1) is 17.3. The van der Waals surface area contributed by atoms with Gasteiger partial charge in [-0.1, -0.05) is 30.3 Å². The molecule has 0 unspecified atom stereocenters. The van der Waals surface area contributed by atoms with Crippen molar-refractivity contribution in [2.45, 2.75) is 13.5 Å². The number of nitrogens with zero attached hydrogens (tertiary/aromatic N) is 2. The zero-order chi connectivity index (χ0) is 18.7. The summed E-state index contributed by atoms with van der Waals surface area (Å²) in [5.74, 6) is -0.534. The molecule has 3 rings (SSSR count). The van der Waals surface area contributed by atoms with Gasteiger partial charge in [-0.25, -0.2) is 4.68 Å². The first-order valence-electron chi connectivity index (χ1n) is 8.06. The monoisotopic (exact) mass is 350 g/mol. The fourth-order valence-corrected chi connectivity index (χ4v) is 2.70. The van der Waals surface area contributed by atoms with Crippen molar-refractivity contribution in [2.24, 2.45) is 7.05 Å². The molecule has 0 aliphatic carbocycles. The summed E-state index contributed by atoms with van der Waals surface area (Å²) in [5, 5.41) is 10.6. The van der Waals surface area contributed by atoms with E-state index in [2.05, 4.69) is 15.7 Å². The number of rotatable bonds is 4. The lowest BCUT2D eigenvalue weighted by Crippen LogP contribution is -2.29. The van der Waals surface area contributed by atoms with Gasteiger partial charge in [-0.3, -0.25) is 14.4 Å². The van der Waals surface area contributed by atoms with Gasteiger partial charge in [-0.15, -0.1) is 0 Å². The molecule has 0 saturated heterocycles. The van der Waals surface area contributed by atoms with Gasteiger partial charge in [0.1, 0.15) is 0 Å². The Labute approximate surface area is 149 Å². The lowest BCUT2D eigenvalue weighted by atomic mass is 10.1. The average molecular weight is 350 g/mol. The number of carbonyl (C=O) groups is 2. The summed E-state index contributed by atoms with van der Waals surface area (Å²) in [6.07, 6.45) is 0. The van der Waals surface area contributed by atoms with E-state index in [-0.39, 0.29) is 29.6 Å². The molecule has 2 aromatic carbocycles. The van der Waals surface area contributed by atoms with Crippen molar-refractivity contribution in [2.75, 3.05) is 5.32 Å². The summed E-state index contributed by atoms with van der Waals surface area (Å²) >= 11 is 0. The van der Waals surface area contributed by atoms with Crippen molar-refractivity contribution in [3.63, 3.8) is 0 Å². The SMILES string of the molecule is CC(=O)Nc1cccc(CNC(=O)c2nn(C)c(=O)c3ccccc23)c1. The van der Waals surface area contributed by atoms with Crippen molar-refractivity contribution in [1.29, 1.82) is 0 Å². The van der Waals surface area contributed by atoms with E-state index in [1.54, 1.807) is 42.5 Å². The Bertz CT molecular complexity index is 1060. The standard InChI is InChI=1S/C19H18N4O3/c1-12(24)21-14-7-5-6-13(10-14)11-20-18(25)17-15-8-3-4-9-16(15)19(26)23(2)22-17/h3-10H,11H2,1-2H3,(H,20,25)(H,21,24). The molecule has 2 amide bonds. The normalized spacial score (nSPS) is 10.5. The van der Waals surface area contributed by atoms with Gasteiger partial charge in [0.15, 0.2) is 5.69 Å². The van der Waals surface area contributed by atoms with Gasteiger partial charge in [0.05, 0.1) is 5.39 Å². The van der Waals surface area contributed by atoms with Crippen molar-refractivity contribution >= 4 is 28.3 Å². The van der Waals surface area contributed by atoms with Crippen molar-refractivity contribution < 1.29 is 9.59 Å². The highest BCUT2D eigenvalue weighted by molar-refractivity contribution is 6.04. The maximum absolute atomic E-state index is 12.6. The molecule has 0 aliphatic heterocycles. The van der Waals surface area contributed by atoms with Crippen LogP contribution in [0.3, 0.4) is 0 Å². The van der Waals surface area contributed by atoms with E-state index in [9.17, 15) is 14.4 Å². The van der Waals surface area contributed by atoms with Crippen LogP contribution in [0, 0.1) is 0 Å². The minimum Gasteiger partial charge on any atom is -0.347 e. The average Bonchev–Trinajstić information content (AvgIpc) is 2.62. The van der Waals surface area contributed by atoms with Crippen molar-refractivity contribution in [3.8, 4) is 0 Å². The molecule has 0 fully saturated rings. The molecule has 7 nitrogen and oxygen atoms in total. The number of aryl methyl sites for hydroxylation is 1. The van der Waals surface area contributed by atoms with E-state index in [1.165, 1.54) is 14.0 Å². The second-order valence-electron chi connectivity index (χ2n) is 5.89. The molecule has 0 atom stereocenters. The molecule has 3 aromatic rings. The molecule has 7 heteroatoms. The molecule has 1 heterocycles. The van der Waals surface area contributed by atoms with Gasteiger partial charge < -0.3 is 10.6 Å². The summed E-state index contributed by atoms with van der Waals surface area (Å²) in [4.78, 5) is 35.9. The topological polar surface area (TPSA) is 93.1 Å². The lowest BCUT2D eigenvalue weighted by Gasteiger charge is -2.10. The Morgan fingerprint density at radius 1 is 1.08 bits per heavy atom. The maximum atomic E-state index is 12.6. The molecular weight excluding hydrogens is 332 g/mol. The van der Waals surface area contributed by atoms with Crippen LogP contribution in [0.25, 0.3) is 10.8 Å². The third-order valence-corrected chi connectivity index (χ3v) is 3.87. The van der Waals surface area contributed by atoms with E-state index in [0.29, 0.717) is 16.5 Å². The van der Waals surface area contributed by atoms with Gasteiger partial charge in [0.25, 0.3) is 11.5 Å². The van der Waals surface area contributed by atoms with Crippen LogP contribution < -0.4 is 16.2 Å². The Kier molecular flexibility index (Phi) is 4.79. The van der Waals surface area contributed by atoms with Gasteiger partial charge in [-0.05, 0) is 23.8 Å². The quantitative estimate of drug-likeness (QED) is 0.751. The molecule has 132 valence electrons. The van der Waals surface area contributed by atoms with Crippen LogP contribution >= 0.6 is 0 Å². The molecular formula is C19H18N4O3. The first-order valence-corrected chi connectivity index (χ1v) is 8.06. The fraction of sp³-hybridized carbons (Fsp3) is 0.158. The number of aromatic nitrogens is 2. The predicted molar refractivity (Wildman–Crippen MR) is 98.9 cm³/mol. The molecule has 0 aliphatic rings. The number of hydrogen-bond donors (Lipinski definition) is 2. The zero-order valence-corrected chi connectivity index (χ0v) is 14.4. The highest BCUT2D eigenvalue weighted by Crippen LogP contribution is 2.14. The van der Waals surface area contributed by atoms with Gasteiger partial charge in [-0.2, -0.15) is 5.10 Å². The van der Waals surface area contributed by atoms with E-state index >= 15 is 0 Å². The molecule has 2 N–H and O–H groups in total. The number of carbonyl (C=O) groups excluding carboxylic acids is 2. The predicted octanol–water partition coefficient (Wildman–Crippen LogP) is 1.82. The Hall–Kier alpha value is -3.48. The Balaban J connectivity index is 1.83. The highest BCUT2D eigenvalue weighted by atomic mass is 16.2. The number of fused-ring (bicyclic) bond motifs is 1. The smallest absolute Gasteiger partial charge is 0.274 e. The summed E-state index contributed by atoms with van der Waals surface area (Å²) in [6, 6.07) is 14.1. The van der Waals surface area contributed by atoms with Crippen LogP contribution in [-0.2, 0) is 18.4 Å². The van der Waals surface area contributed by atoms with E-state index in [1.807, 2.05) is 6.07 Å². The molecule has 0 bridgehead atoms. The number of benzene rings is 2. The fourth-order valence-electron chi connectivity index (χ4n) is 2.70. The lowest BCUT2D eigenvalue weighted by molar-refractivity contribution is -0.114. The second-order valence-corrected chi connectivity index (χ2v) is 5.89. The van der Waals surface area contributed by atoms with Crippen LogP contribution in [0.5, 0.6) is 0 Å². The van der Waals surface area contributed by atoms with Crippen LogP contribution in [-0.4, -0.2) is 21.6 Å². The third-order valence-electron chi connectivity index (χ3n) is 3.87. The number of amides is 2. The summed E-state index contributed by atoms with van der Waals surface area (Å²) < 4.78 is 1.16. The summed E-state index contributed by atoms with van der Waals surface area (Å²) in [5.41, 5.74) is 1.44. The highest BCUT2D eigenvalue weighted by Gasteiger charge is 2.15. The molecule has 0 radical (unpaired) electrons. The number of hydrogen-bond acceptors (Lipinski definition) is 4. The number of nitrogens with one attached hydrogen (secondary N) is 2. The van der Waals surface area contributed by atoms with Crippen LogP contribution in [0.2, 0.25) is 0 Å². The molecule has 26 heavy (non-hydrogen) atoms. The van der Waals surface area contributed by atoms with Gasteiger partial charge in [0, 0.05) is 31.6 Å². The van der Waals surface area contributed by atoms with Gasteiger partial charge in [0.2, 0.25) is 5.91 Å².